The minimum Gasteiger partial charge on any atom is -0.450 e. The predicted molar refractivity (Wildman–Crippen MR) is 94.2 cm³/mol. The molecule has 6 nitrogen and oxygen atoms in total. The lowest BCUT2D eigenvalue weighted by Crippen LogP contribution is -2.48. The van der Waals surface area contributed by atoms with Crippen molar-refractivity contribution in [1.82, 2.24) is 10.2 Å². The van der Waals surface area contributed by atoms with Crippen LogP contribution in [0, 0.1) is 5.82 Å². The Morgan fingerprint density at radius 2 is 2.21 bits per heavy atom. The number of hydrogen-bond donors (Lipinski definition) is 2. The molecule has 1 fully saturated rings. The minimum absolute atomic E-state index is 0.168. The summed E-state index contributed by atoms with van der Waals surface area (Å²) in [4.78, 5) is 17.6. The Hall–Kier alpha value is -1.83. The summed E-state index contributed by atoms with van der Waals surface area (Å²) in [6.45, 7) is 3.74. The molecule has 1 saturated heterocycles. The van der Waals surface area contributed by atoms with E-state index in [4.69, 9.17) is 10.5 Å². The van der Waals surface area contributed by atoms with Crippen LogP contribution in [-0.2, 0) is 11.3 Å². The van der Waals surface area contributed by atoms with Gasteiger partial charge in [-0.15, -0.1) is 0 Å². The first kappa shape index (κ1) is 18.5. The summed E-state index contributed by atoms with van der Waals surface area (Å²) in [6.07, 6.45) is 1.29. The molecule has 1 heterocycles. The van der Waals surface area contributed by atoms with E-state index in [1.165, 1.54) is 6.07 Å². The molecule has 0 spiro atoms. The number of aliphatic imine (C=N–C) groups is 1. The molecule has 0 aromatic heterocycles. The summed E-state index contributed by atoms with van der Waals surface area (Å²) in [5.74, 6) is 0.00785. The second kappa shape index (κ2) is 8.86. The first-order valence-electron chi connectivity index (χ1n) is 7.91. The number of piperidine rings is 1. The number of carbonyl (C=O) groups is 1. The Morgan fingerprint density at radius 1 is 1.50 bits per heavy atom. The highest BCUT2D eigenvalue weighted by atomic mass is 79.9. The minimum atomic E-state index is -0.319. The molecule has 0 radical (unpaired) electrons. The van der Waals surface area contributed by atoms with Gasteiger partial charge in [-0.2, -0.15) is 0 Å². The number of nitrogens with two attached hydrogens (primary N) is 1. The quantitative estimate of drug-likeness (QED) is 0.601. The lowest BCUT2D eigenvalue weighted by molar-refractivity contribution is 0.0963. The van der Waals surface area contributed by atoms with E-state index >= 15 is 0 Å². The highest BCUT2D eigenvalue weighted by molar-refractivity contribution is 9.10. The van der Waals surface area contributed by atoms with Gasteiger partial charge in [0.2, 0.25) is 0 Å². The third kappa shape index (κ3) is 5.36. The number of nitrogens with zero attached hydrogens (tertiary/aromatic N) is 2. The van der Waals surface area contributed by atoms with Crippen molar-refractivity contribution in [3.63, 3.8) is 0 Å². The largest absolute Gasteiger partial charge is 0.450 e. The summed E-state index contributed by atoms with van der Waals surface area (Å²) >= 11 is 3.12. The average molecular weight is 401 g/mol. The molecule has 1 aromatic rings. The van der Waals surface area contributed by atoms with Crippen LogP contribution in [0.15, 0.2) is 27.7 Å². The molecule has 1 aliphatic rings. The molecule has 0 unspecified atom stereocenters. The van der Waals surface area contributed by atoms with Crippen LogP contribution in [0.4, 0.5) is 9.18 Å². The zero-order valence-corrected chi connectivity index (χ0v) is 15.2. The number of carbonyl (C=O) groups excluding carboxylic acids is 1. The number of guanidine groups is 1. The third-order valence-electron chi connectivity index (χ3n) is 3.79. The van der Waals surface area contributed by atoms with E-state index in [0.29, 0.717) is 36.7 Å². The summed E-state index contributed by atoms with van der Waals surface area (Å²) in [5, 5.41) is 3.15. The van der Waals surface area contributed by atoms with Gasteiger partial charge in [0.1, 0.15) is 5.82 Å². The van der Waals surface area contributed by atoms with Crippen molar-refractivity contribution in [3.8, 4) is 0 Å². The van der Waals surface area contributed by atoms with E-state index < -0.39 is 0 Å². The molecule has 8 heteroatoms. The van der Waals surface area contributed by atoms with Crippen molar-refractivity contribution < 1.29 is 13.9 Å². The summed E-state index contributed by atoms with van der Waals surface area (Å²) < 4.78 is 18.9. The Bertz CT molecular complexity index is 604. The molecule has 24 heavy (non-hydrogen) atoms. The molecule has 1 aromatic carbocycles. The van der Waals surface area contributed by atoms with Crippen LogP contribution < -0.4 is 11.1 Å². The number of benzene rings is 1. The standard InChI is InChI=1S/C16H22BrFN4O2/c1-2-24-16(23)22-7-5-12(6-8-22)21-15(19)20-10-11-3-4-13(17)14(18)9-11/h3-4,9,12H,2,5-8,10H2,1H3,(H3,19,20,21). The molecular weight excluding hydrogens is 379 g/mol. The van der Waals surface area contributed by atoms with Gasteiger partial charge in [0.05, 0.1) is 17.6 Å². The van der Waals surface area contributed by atoms with Crippen molar-refractivity contribution in [1.29, 1.82) is 0 Å². The molecule has 1 amide bonds. The molecule has 1 aliphatic heterocycles. The molecule has 0 saturated carbocycles. The molecule has 0 bridgehead atoms. The van der Waals surface area contributed by atoms with Gasteiger partial charge >= 0.3 is 6.09 Å². The third-order valence-corrected chi connectivity index (χ3v) is 4.43. The number of hydrogen-bond acceptors (Lipinski definition) is 3. The fourth-order valence-corrected chi connectivity index (χ4v) is 2.74. The van der Waals surface area contributed by atoms with Gasteiger partial charge in [0.25, 0.3) is 0 Å². The molecular formula is C16H22BrFN4O2. The average Bonchev–Trinajstić information content (AvgIpc) is 2.57. The summed E-state index contributed by atoms with van der Waals surface area (Å²) in [5.41, 5.74) is 6.64. The van der Waals surface area contributed by atoms with E-state index in [9.17, 15) is 9.18 Å². The van der Waals surface area contributed by atoms with Gasteiger partial charge in [-0.1, -0.05) is 6.07 Å². The van der Waals surface area contributed by atoms with Gasteiger partial charge in [0.15, 0.2) is 5.96 Å². The first-order valence-corrected chi connectivity index (χ1v) is 8.71. The van der Waals surface area contributed by atoms with E-state index in [1.807, 2.05) is 0 Å². The monoisotopic (exact) mass is 400 g/mol. The van der Waals surface area contributed by atoms with Gasteiger partial charge < -0.3 is 20.7 Å². The normalized spacial score (nSPS) is 16.1. The van der Waals surface area contributed by atoms with Crippen LogP contribution in [0.5, 0.6) is 0 Å². The van der Waals surface area contributed by atoms with E-state index in [1.54, 1.807) is 24.0 Å². The topological polar surface area (TPSA) is 80.0 Å². The van der Waals surface area contributed by atoms with Crippen LogP contribution in [0.2, 0.25) is 0 Å². The zero-order chi connectivity index (χ0) is 17.5. The Labute approximate surface area is 149 Å². The van der Waals surface area contributed by atoms with Gasteiger partial charge in [-0.3, -0.25) is 0 Å². The second-order valence-corrected chi connectivity index (χ2v) is 6.41. The zero-order valence-electron chi connectivity index (χ0n) is 13.6. The van der Waals surface area contributed by atoms with Crippen LogP contribution in [0.1, 0.15) is 25.3 Å². The van der Waals surface area contributed by atoms with Gasteiger partial charge in [0, 0.05) is 19.1 Å². The second-order valence-electron chi connectivity index (χ2n) is 5.55. The number of nitrogens with one attached hydrogen (secondary N) is 1. The van der Waals surface area contributed by atoms with Gasteiger partial charge in [-0.05, 0) is 53.4 Å². The molecule has 2 rings (SSSR count). The molecule has 0 aliphatic carbocycles. The Morgan fingerprint density at radius 3 is 2.83 bits per heavy atom. The lowest BCUT2D eigenvalue weighted by Gasteiger charge is -2.31. The van der Waals surface area contributed by atoms with Crippen LogP contribution in [-0.4, -0.2) is 42.7 Å². The van der Waals surface area contributed by atoms with Crippen LogP contribution in [0.3, 0.4) is 0 Å². The van der Waals surface area contributed by atoms with E-state index in [0.717, 1.165) is 18.4 Å². The smallest absolute Gasteiger partial charge is 0.409 e. The Kier molecular flexibility index (Phi) is 6.84. The van der Waals surface area contributed by atoms with Crippen molar-refractivity contribution in [2.75, 3.05) is 19.7 Å². The molecule has 3 N–H and O–H groups in total. The lowest BCUT2D eigenvalue weighted by atomic mass is 10.1. The number of likely N-dealkylation sites (tertiary alicyclic amines) is 1. The number of halogens is 2. The maximum atomic E-state index is 13.4. The van der Waals surface area contributed by atoms with Crippen LogP contribution in [0.25, 0.3) is 0 Å². The number of amides is 1. The predicted octanol–water partition coefficient (Wildman–Crippen LogP) is 2.61. The molecule has 132 valence electrons. The Balaban J connectivity index is 1.79. The fourth-order valence-electron chi connectivity index (χ4n) is 2.49. The number of ether oxygens (including phenoxy) is 1. The maximum Gasteiger partial charge on any atom is 0.409 e. The van der Waals surface area contributed by atoms with Crippen molar-refractivity contribution in [2.24, 2.45) is 10.7 Å². The number of rotatable bonds is 4. The maximum absolute atomic E-state index is 13.4. The summed E-state index contributed by atoms with van der Waals surface area (Å²) in [6, 6.07) is 5.04. The highest BCUT2D eigenvalue weighted by Gasteiger charge is 2.23. The summed E-state index contributed by atoms with van der Waals surface area (Å²) in [7, 11) is 0. The van der Waals surface area contributed by atoms with Gasteiger partial charge in [-0.25, -0.2) is 14.2 Å². The molecule has 0 atom stereocenters. The van der Waals surface area contributed by atoms with Crippen LogP contribution >= 0.6 is 15.9 Å². The first-order chi connectivity index (χ1) is 11.5. The van der Waals surface area contributed by atoms with Crippen molar-refractivity contribution >= 4 is 28.0 Å². The SMILES string of the molecule is CCOC(=O)N1CCC(NC(N)=NCc2ccc(Br)c(F)c2)CC1. The van der Waals surface area contributed by atoms with E-state index in [-0.39, 0.29) is 18.0 Å². The van der Waals surface area contributed by atoms with Crippen molar-refractivity contribution in [3.05, 3.63) is 34.1 Å². The van der Waals surface area contributed by atoms with E-state index in [2.05, 4.69) is 26.2 Å². The fraction of sp³-hybridized carbons (Fsp3) is 0.500. The van der Waals surface area contributed by atoms with Crippen molar-refractivity contribution in [2.45, 2.75) is 32.4 Å². The highest BCUT2D eigenvalue weighted by Crippen LogP contribution is 2.17.